The highest BCUT2D eigenvalue weighted by molar-refractivity contribution is 9.10. The summed E-state index contributed by atoms with van der Waals surface area (Å²) in [6.07, 6.45) is 1.77. The molecule has 0 spiro atoms. The molecule has 0 aliphatic rings. The second-order valence-corrected chi connectivity index (χ2v) is 5.40. The zero-order chi connectivity index (χ0) is 13.8. The Morgan fingerprint density at radius 2 is 1.95 bits per heavy atom. The van der Waals surface area contributed by atoms with Crippen molar-refractivity contribution >= 4 is 15.9 Å². The number of ether oxygens (including phenoxy) is 2. The number of nitrogens with zero attached hydrogens (tertiary/aromatic N) is 1. The van der Waals surface area contributed by atoms with Crippen LogP contribution >= 0.6 is 15.9 Å². The van der Waals surface area contributed by atoms with E-state index in [-0.39, 0.29) is 6.10 Å². The number of pyridine rings is 1. The first-order valence-corrected chi connectivity index (χ1v) is 6.91. The predicted octanol–water partition coefficient (Wildman–Crippen LogP) is 4.73. The Balaban J connectivity index is 2.27. The van der Waals surface area contributed by atoms with Crippen molar-refractivity contribution in [2.45, 2.75) is 26.9 Å². The molecule has 0 unspecified atom stereocenters. The van der Waals surface area contributed by atoms with E-state index in [1.54, 1.807) is 6.20 Å². The molecule has 100 valence electrons. The summed E-state index contributed by atoms with van der Waals surface area (Å²) < 4.78 is 12.5. The van der Waals surface area contributed by atoms with Crippen molar-refractivity contribution in [1.82, 2.24) is 4.98 Å². The average molecular weight is 322 g/mol. The Morgan fingerprint density at radius 3 is 2.63 bits per heavy atom. The van der Waals surface area contributed by atoms with Gasteiger partial charge in [0.1, 0.15) is 5.75 Å². The van der Waals surface area contributed by atoms with E-state index in [2.05, 4.69) is 20.9 Å². The van der Waals surface area contributed by atoms with Crippen molar-refractivity contribution in [2.75, 3.05) is 0 Å². The molecule has 0 aliphatic carbocycles. The lowest BCUT2D eigenvalue weighted by Gasteiger charge is -2.14. The SMILES string of the molecule is Cc1cc(Br)ccc1Oc1ncccc1OC(C)C. The van der Waals surface area contributed by atoms with Crippen molar-refractivity contribution in [2.24, 2.45) is 0 Å². The molecule has 1 heterocycles. The van der Waals surface area contributed by atoms with Gasteiger partial charge in [-0.15, -0.1) is 0 Å². The second kappa shape index (κ2) is 6.06. The summed E-state index contributed by atoms with van der Waals surface area (Å²) in [4.78, 5) is 4.23. The number of hydrogen-bond donors (Lipinski definition) is 0. The summed E-state index contributed by atoms with van der Waals surface area (Å²) >= 11 is 3.43. The van der Waals surface area contributed by atoms with Crippen LogP contribution in [0.4, 0.5) is 0 Å². The molecule has 0 saturated heterocycles. The van der Waals surface area contributed by atoms with E-state index in [1.807, 2.05) is 51.1 Å². The number of rotatable bonds is 4. The molecule has 4 heteroatoms. The van der Waals surface area contributed by atoms with Crippen LogP contribution in [0.1, 0.15) is 19.4 Å². The minimum atomic E-state index is 0.0811. The highest BCUT2D eigenvalue weighted by Gasteiger charge is 2.10. The van der Waals surface area contributed by atoms with Crippen LogP contribution in [-0.2, 0) is 0 Å². The van der Waals surface area contributed by atoms with Crippen LogP contribution in [0.2, 0.25) is 0 Å². The van der Waals surface area contributed by atoms with Gasteiger partial charge >= 0.3 is 0 Å². The minimum Gasteiger partial charge on any atom is -0.485 e. The molecule has 3 nitrogen and oxygen atoms in total. The summed E-state index contributed by atoms with van der Waals surface area (Å²) in [5, 5.41) is 0. The quantitative estimate of drug-likeness (QED) is 0.815. The lowest BCUT2D eigenvalue weighted by Crippen LogP contribution is -2.07. The van der Waals surface area contributed by atoms with Crippen molar-refractivity contribution in [1.29, 1.82) is 0 Å². The lowest BCUT2D eigenvalue weighted by atomic mass is 10.2. The van der Waals surface area contributed by atoms with Gasteiger partial charge in [-0.2, -0.15) is 0 Å². The van der Waals surface area contributed by atoms with Crippen LogP contribution in [-0.4, -0.2) is 11.1 Å². The van der Waals surface area contributed by atoms with Gasteiger partial charge in [0.15, 0.2) is 5.75 Å². The van der Waals surface area contributed by atoms with E-state index in [1.165, 1.54) is 0 Å². The maximum Gasteiger partial charge on any atom is 0.262 e. The third kappa shape index (κ3) is 3.70. The van der Waals surface area contributed by atoms with E-state index in [9.17, 15) is 0 Å². The molecule has 0 saturated carbocycles. The molecule has 2 rings (SSSR count). The summed E-state index contributed by atoms with van der Waals surface area (Å²) in [6, 6.07) is 9.54. The van der Waals surface area contributed by atoms with Crippen LogP contribution in [0.25, 0.3) is 0 Å². The van der Waals surface area contributed by atoms with E-state index in [4.69, 9.17) is 9.47 Å². The highest BCUT2D eigenvalue weighted by atomic mass is 79.9. The fourth-order valence-electron chi connectivity index (χ4n) is 1.63. The van der Waals surface area contributed by atoms with Gasteiger partial charge in [-0.05, 0) is 56.7 Å². The zero-order valence-corrected chi connectivity index (χ0v) is 12.8. The van der Waals surface area contributed by atoms with Gasteiger partial charge in [-0.1, -0.05) is 15.9 Å². The molecule has 19 heavy (non-hydrogen) atoms. The number of halogens is 1. The standard InChI is InChI=1S/C15H16BrNO2/c1-10(2)18-14-5-4-8-17-15(14)19-13-7-6-12(16)9-11(13)3/h4-10H,1-3H3. The smallest absolute Gasteiger partial charge is 0.262 e. The van der Waals surface area contributed by atoms with Crippen LogP contribution in [0.15, 0.2) is 41.0 Å². The Bertz CT molecular complexity index is 570. The molecule has 1 aromatic heterocycles. The monoisotopic (exact) mass is 321 g/mol. The summed E-state index contributed by atoms with van der Waals surface area (Å²) in [5.74, 6) is 1.91. The Labute approximate surface area is 121 Å². The largest absolute Gasteiger partial charge is 0.485 e. The van der Waals surface area contributed by atoms with Crippen LogP contribution in [0, 0.1) is 6.92 Å². The van der Waals surface area contributed by atoms with Crippen molar-refractivity contribution in [3.05, 3.63) is 46.6 Å². The predicted molar refractivity (Wildman–Crippen MR) is 79.0 cm³/mol. The van der Waals surface area contributed by atoms with Gasteiger partial charge in [0.05, 0.1) is 6.10 Å². The zero-order valence-electron chi connectivity index (χ0n) is 11.2. The molecule has 0 radical (unpaired) electrons. The van der Waals surface area contributed by atoms with Gasteiger partial charge in [-0.3, -0.25) is 0 Å². The molecular formula is C15H16BrNO2. The Morgan fingerprint density at radius 1 is 1.16 bits per heavy atom. The highest BCUT2D eigenvalue weighted by Crippen LogP contribution is 2.32. The van der Waals surface area contributed by atoms with E-state index < -0.39 is 0 Å². The van der Waals surface area contributed by atoms with Crippen molar-refractivity contribution in [3.63, 3.8) is 0 Å². The number of hydrogen-bond acceptors (Lipinski definition) is 3. The minimum absolute atomic E-state index is 0.0811. The maximum atomic E-state index is 5.84. The lowest BCUT2D eigenvalue weighted by molar-refractivity contribution is 0.231. The molecule has 0 fully saturated rings. The topological polar surface area (TPSA) is 31.4 Å². The first-order valence-electron chi connectivity index (χ1n) is 6.12. The molecule has 1 aromatic carbocycles. The average Bonchev–Trinajstić information content (AvgIpc) is 2.34. The molecular weight excluding hydrogens is 306 g/mol. The molecule has 0 aliphatic heterocycles. The van der Waals surface area contributed by atoms with Crippen LogP contribution in [0.5, 0.6) is 17.4 Å². The first kappa shape index (κ1) is 13.9. The van der Waals surface area contributed by atoms with Gasteiger partial charge in [0.25, 0.3) is 5.88 Å². The third-order valence-electron chi connectivity index (χ3n) is 2.44. The first-order chi connectivity index (χ1) is 9.06. The van der Waals surface area contributed by atoms with E-state index in [0.29, 0.717) is 11.6 Å². The second-order valence-electron chi connectivity index (χ2n) is 4.49. The molecule has 0 bridgehead atoms. The number of aromatic nitrogens is 1. The summed E-state index contributed by atoms with van der Waals surface area (Å²) in [5.41, 5.74) is 1.04. The normalized spacial score (nSPS) is 10.6. The molecule has 0 atom stereocenters. The van der Waals surface area contributed by atoms with Crippen molar-refractivity contribution in [3.8, 4) is 17.4 Å². The van der Waals surface area contributed by atoms with Crippen molar-refractivity contribution < 1.29 is 9.47 Å². The Hall–Kier alpha value is -1.55. The maximum absolute atomic E-state index is 5.84. The van der Waals surface area contributed by atoms with E-state index in [0.717, 1.165) is 15.8 Å². The summed E-state index contributed by atoms with van der Waals surface area (Å²) in [6.45, 7) is 5.94. The number of benzene rings is 1. The third-order valence-corrected chi connectivity index (χ3v) is 2.94. The fraction of sp³-hybridized carbons (Fsp3) is 0.267. The van der Waals surface area contributed by atoms with Crippen LogP contribution in [0.3, 0.4) is 0 Å². The molecule has 2 aromatic rings. The number of aryl methyl sites for hydroxylation is 1. The van der Waals surface area contributed by atoms with E-state index >= 15 is 0 Å². The van der Waals surface area contributed by atoms with Gasteiger partial charge in [0.2, 0.25) is 0 Å². The molecule has 0 amide bonds. The van der Waals surface area contributed by atoms with Gasteiger partial charge in [0, 0.05) is 10.7 Å². The van der Waals surface area contributed by atoms with Gasteiger partial charge in [-0.25, -0.2) is 4.98 Å². The fourth-order valence-corrected chi connectivity index (χ4v) is 2.10. The van der Waals surface area contributed by atoms with Gasteiger partial charge < -0.3 is 9.47 Å². The summed E-state index contributed by atoms with van der Waals surface area (Å²) in [7, 11) is 0. The van der Waals surface area contributed by atoms with Crippen LogP contribution < -0.4 is 9.47 Å². The Kier molecular flexibility index (Phi) is 4.43. The molecule has 0 N–H and O–H groups in total.